The molecule has 0 bridgehead atoms. The summed E-state index contributed by atoms with van der Waals surface area (Å²) in [4.78, 5) is 14.9. The van der Waals surface area contributed by atoms with Gasteiger partial charge in [0.15, 0.2) is 0 Å². The van der Waals surface area contributed by atoms with Crippen LogP contribution in [0.25, 0.3) is 0 Å². The van der Waals surface area contributed by atoms with Crippen LogP contribution < -0.4 is 0 Å². The smallest absolute Gasteiger partial charge is 0.306 e. The Balaban J connectivity index is 1.91. The van der Waals surface area contributed by atoms with Gasteiger partial charge in [-0.2, -0.15) is 0 Å². The average molecular weight is 394 g/mol. The number of carboxylic acid groups (broad SMARTS) is 1. The maximum Gasteiger partial charge on any atom is 0.306 e. The number of rotatable bonds is 4. The molecule has 3 nitrogen and oxygen atoms in total. The van der Waals surface area contributed by atoms with Crippen molar-refractivity contribution >= 4 is 33.2 Å². The van der Waals surface area contributed by atoms with Gasteiger partial charge in [-0.3, -0.25) is 9.69 Å². The molecule has 1 aromatic heterocycles. The third-order valence-corrected chi connectivity index (χ3v) is 6.29. The monoisotopic (exact) mass is 393 g/mol. The molecule has 1 N–H and O–H groups in total. The van der Waals surface area contributed by atoms with Gasteiger partial charge in [-0.15, -0.1) is 11.3 Å². The summed E-state index contributed by atoms with van der Waals surface area (Å²) < 4.78 is 1.11. The average Bonchev–Trinajstić information content (AvgIpc) is 2.96. The minimum atomic E-state index is -0.658. The second kappa shape index (κ2) is 7.16. The van der Waals surface area contributed by atoms with E-state index >= 15 is 0 Å². The highest BCUT2D eigenvalue weighted by molar-refractivity contribution is 9.10. The van der Waals surface area contributed by atoms with Gasteiger partial charge in [-0.1, -0.05) is 34.1 Å². The molecule has 2 aromatic rings. The zero-order valence-electron chi connectivity index (χ0n) is 13.0. The number of aliphatic carboxylic acids is 1. The minimum absolute atomic E-state index is 0.194. The van der Waals surface area contributed by atoms with Crippen molar-refractivity contribution in [3.63, 3.8) is 0 Å². The summed E-state index contributed by atoms with van der Waals surface area (Å²) in [5.74, 6) is -0.856. The quantitative estimate of drug-likeness (QED) is 0.817. The molecule has 0 spiro atoms. The van der Waals surface area contributed by atoms with Gasteiger partial charge in [-0.05, 0) is 61.5 Å². The van der Waals surface area contributed by atoms with Crippen LogP contribution in [0.2, 0.25) is 0 Å². The van der Waals surface area contributed by atoms with E-state index in [1.807, 2.05) is 6.07 Å². The van der Waals surface area contributed by atoms with E-state index in [9.17, 15) is 9.90 Å². The van der Waals surface area contributed by atoms with Crippen molar-refractivity contribution in [3.05, 3.63) is 56.2 Å². The molecule has 0 amide bonds. The molecule has 1 aliphatic rings. The van der Waals surface area contributed by atoms with Gasteiger partial charge in [0.2, 0.25) is 0 Å². The van der Waals surface area contributed by atoms with Gasteiger partial charge < -0.3 is 5.11 Å². The summed E-state index contributed by atoms with van der Waals surface area (Å²) in [5, 5.41) is 11.4. The Hall–Kier alpha value is -1.17. The number of carboxylic acids is 1. The summed E-state index contributed by atoms with van der Waals surface area (Å²) in [7, 11) is 0. The molecule has 5 heteroatoms. The SMILES string of the molecule is Cc1csc(C(c2ccccc2Br)N2CCC(C(=O)O)CC2)c1. The molecule has 3 rings (SSSR count). The predicted octanol–water partition coefficient (Wildman–Crippen LogP) is 4.71. The normalized spacial score (nSPS) is 18.0. The number of carbonyl (C=O) groups is 1. The summed E-state index contributed by atoms with van der Waals surface area (Å²) >= 11 is 5.47. The van der Waals surface area contributed by atoms with Crippen LogP contribution in [0.15, 0.2) is 40.2 Å². The number of piperidine rings is 1. The van der Waals surface area contributed by atoms with E-state index in [0.29, 0.717) is 0 Å². The van der Waals surface area contributed by atoms with Crippen LogP contribution in [-0.2, 0) is 4.79 Å². The maximum atomic E-state index is 11.2. The first-order chi connectivity index (χ1) is 11.1. The molecule has 1 unspecified atom stereocenters. The zero-order valence-corrected chi connectivity index (χ0v) is 15.4. The van der Waals surface area contributed by atoms with Crippen LogP contribution in [0.5, 0.6) is 0 Å². The molecule has 1 atom stereocenters. The van der Waals surface area contributed by atoms with Crippen molar-refractivity contribution in [2.24, 2.45) is 5.92 Å². The van der Waals surface area contributed by atoms with Gasteiger partial charge in [0.25, 0.3) is 0 Å². The summed E-state index contributed by atoms with van der Waals surface area (Å²) in [6.07, 6.45) is 1.45. The van der Waals surface area contributed by atoms with Gasteiger partial charge in [0.05, 0.1) is 12.0 Å². The molecular weight excluding hydrogens is 374 g/mol. The van der Waals surface area contributed by atoms with Gasteiger partial charge in [0, 0.05) is 9.35 Å². The van der Waals surface area contributed by atoms with E-state index < -0.39 is 5.97 Å². The molecule has 1 aromatic carbocycles. The molecule has 1 aliphatic heterocycles. The number of hydrogen-bond donors (Lipinski definition) is 1. The van der Waals surface area contributed by atoms with E-state index in [4.69, 9.17) is 0 Å². The Kier molecular flexibility index (Phi) is 5.19. The van der Waals surface area contributed by atoms with Crippen molar-refractivity contribution in [2.75, 3.05) is 13.1 Å². The third-order valence-electron chi connectivity index (χ3n) is 4.46. The molecule has 1 fully saturated rings. The van der Waals surface area contributed by atoms with Crippen molar-refractivity contribution in [2.45, 2.75) is 25.8 Å². The zero-order chi connectivity index (χ0) is 16.4. The number of thiophene rings is 1. The standard InChI is InChI=1S/C18H20BrNO2S/c1-12-10-16(23-11-12)17(14-4-2-3-5-15(14)19)20-8-6-13(7-9-20)18(21)22/h2-5,10-11,13,17H,6-9H2,1H3,(H,21,22). The predicted molar refractivity (Wildman–Crippen MR) is 97.0 cm³/mol. The molecular formula is C18H20BrNO2S. The van der Waals surface area contributed by atoms with Crippen LogP contribution in [-0.4, -0.2) is 29.1 Å². The van der Waals surface area contributed by atoms with E-state index in [1.165, 1.54) is 16.0 Å². The van der Waals surface area contributed by atoms with Crippen LogP contribution >= 0.6 is 27.3 Å². The largest absolute Gasteiger partial charge is 0.481 e. The Labute approximate surface area is 149 Å². The molecule has 122 valence electrons. The van der Waals surface area contributed by atoms with E-state index in [-0.39, 0.29) is 12.0 Å². The number of nitrogens with zero attached hydrogens (tertiary/aromatic N) is 1. The van der Waals surface area contributed by atoms with Crippen molar-refractivity contribution in [3.8, 4) is 0 Å². The van der Waals surface area contributed by atoms with Crippen LogP contribution in [0, 0.1) is 12.8 Å². The minimum Gasteiger partial charge on any atom is -0.481 e. The number of halogens is 1. The van der Waals surface area contributed by atoms with E-state index in [0.717, 1.165) is 30.4 Å². The highest BCUT2D eigenvalue weighted by atomic mass is 79.9. The van der Waals surface area contributed by atoms with Crippen LogP contribution in [0.1, 0.15) is 34.9 Å². The molecule has 23 heavy (non-hydrogen) atoms. The summed E-state index contributed by atoms with van der Waals surface area (Å²) in [5.41, 5.74) is 2.53. The van der Waals surface area contributed by atoms with Crippen LogP contribution in [0.4, 0.5) is 0 Å². The number of likely N-dealkylation sites (tertiary alicyclic amines) is 1. The maximum absolute atomic E-state index is 11.2. The van der Waals surface area contributed by atoms with Crippen molar-refractivity contribution in [1.82, 2.24) is 4.90 Å². The lowest BCUT2D eigenvalue weighted by atomic mass is 9.93. The molecule has 2 heterocycles. The fourth-order valence-electron chi connectivity index (χ4n) is 3.23. The Morgan fingerprint density at radius 3 is 2.61 bits per heavy atom. The number of hydrogen-bond acceptors (Lipinski definition) is 3. The third kappa shape index (κ3) is 3.67. The topological polar surface area (TPSA) is 40.5 Å². The second-order valence-corrected chi connectivity index (χ2v) is 7.90. The molecule has 0 aliphatic carbocycles. The Morgan fingerprint density at radius 1 is 1.35 bits per heavy atom. The number of benzene rings is 1. The van der Waals surface area contributed by atoms with Crippen molar-refractivity contribution < 1.29 is 9.90 Å². The lowest BCUT2D eigenvalue weighted by Crippen LogP contribution is -2.39. The molecule has 0 radical (unpaired) electrons. The summed E-state index contributed by atoms with van der Waals surface area (Å²) in [6.45, 7) is 3.76. The Morgan fingerprint density at radius 2 is 2.04 bits per heavy atom. The second-order valence-electron chi connectivity index (χ2n) is 6.10. The highest BCUT2D eigenvalue weighted by Gasteiger charge is 2.31. The van der Waals surface area contributed by atoms with Gasteiger partial charge in [0.1, 0.15) is 0 Å². The van der Waals surface area contributed by atoms with Gasteiger partial charge >= 0.3 is 5.97 Å². The molecule has 0 saturated carbocycles. The number of aryl methyl sites for hydroxylation is 1. The fourth-order valence-corrected chi connectivity index (χ4v) is 4.78. The lowest BCUT2D eigenvalue weighted by molar-refractivity contribution is -0.143. The van der Waals surface area contributed by atoms with Crippen molar-refractivity contribution in [1.29, 1.82) is 0 Å². The molecule has 1 saturated heterocycles. The highest BCUT2D eigenvalue weighted by Crippen LogP contribution is 2.38. The fraction of sp³-hybridized carbons (Fsp3) is 0.389. The first-order valence-corrected chi connectivity index (χ1v) is 9.50. The van der Waals surface area contributed by atoms with Gasteiger partial charge in [-0.25, -0.2) is 0 Å². The van der Waals surface area contributed by atoms with E-state index in [1.54, 1.807) is 11.3 Å². The first kappa shape index (κ1) is 16.7. The lowest BCUT2D eigenvalue weighted by Gasteiger charge is -2.36. The Bertz CT molecular complexity index is 692. The first-order valence-electron chi connectivity index (χ1n) is 7.82. The van der Waals surface area contributed by atoms with Crippen LogP contribution in [0.3, 0.4) is 0 Å². The van der Waals surface area contributed by atoms with E-state index in [2.05, 4.69) is 57.4 Å². The summed E-state index contributed by atoms with van der Waals surface area (Å²) in [6, 6.07) is 10.8.